The highest BCUT2D eigenvalue weighted by Crippen LogP contribution is 2.14. The van der Waals surface area contributed by atoms with Gasteiger partial charge in [0.05, 0.1) is 5.57 Å². The average molecular weight is 329 g/mol. The molecule has 0 aliphatic heterocycles. The van der Waals surface area contributed by atoms with Gasteiger partial charge in [-0.05, 0) is 35.4 Å². The Labute approximate surface area is 126 Å². The molecule has 2 aromatic rings. The van der Waals surface area contributed by atoms with Gasteiger partial charge < -0.3 is 5.11 Å². The molecular formula is C17H13BrO2. The van der Waals surface area contributed by atoms with E-state index in [2.05, 4.69) is 15.9 Å². The fourth-order valence-electron chi connectivity index (χ4n) is 1.67. The van der Waals surface area contributed by atoms with E-state index in [1.165, 1.54) is 0 Å². The van der Waals surface area contributed by atoms with Crippen LogP contribution in [0.3, 0.4) is 0 Å². The van der Waals surface area contributed by atoms with Crippen LogP contribution in [0.1, 0.15) is 11.1 Å². The molecule has 1 N–H and O–H groups in total. The molecule has 0 atom stereocenters. The second kappa shape index (κ2) is 6.87. The quantitative estimate of drug-likeness (QED) is 0.656. The molecule has 0 saturated carbocycles. The topological polar surface area (TPSA) is 37.3 Å². The van der Waals surface area contributed by atoms with Crippen LogP contribution in [-0.2, 0) is 4.79 Å². The fourth-order valence-corrected chi connectivity index (χ4v) is 1.93. The van der Waals surface area contributed by atoms with Gasteiger partial charge in [-0.15, -0.1) is 0 Å². The predicted molar refractivity (Wildman–Crippen MR) is 85.2 cm³/mol. The molecule has 100 valence electrons. The highest BCUT2D eigenvalue weighted by Gasteiger charge is 2.03. The summed E-state index contributed by atoms with van der Waals surface area (Å²) in [5.41, 5.74) is 2.07. The van der Waals surface area contributed by atoms with Crippen LogP contribution in [-0.4, -0.2) is 11.1 Å². The van der Waals surface area contributed by atoms with Gasteiger partial charge in [0, 0.05) is 4.47 Å². The van der Waals surface area contributed by atoms with Crippen LogP contribution in [0.5, 0.6) is 0 Å². The molecule has 20 heavy (non-hydrogen) atoms. The molecule has 0 unspecified atom stereocenters. The molecule has 0 spiro atoms. The van der Waals surface area contributed by atoms with Crippen molar-refractivity contribution in [2.75, 3.05) is 0 Å². The number of benzene rings is 2. The minimum atomic E-state index is -0.942. The third kappa shape index (κ3) is 4.21. The summed E-state index contributed by atoms with van der Waals surface area (Å²) in [7, 11) is 0. The van der Waals surface area contributed by atoms with Crippen molar-refractivity contribution < 1.29 is 9.90 Å². The van der Waals surface area contributed by atoms with E-state index in [4.69, 9.17) is 0 Å². The molecule has 0 amide bonds. The summed E-state index contributed by atoms with van der Waals surface area (Å²) in [6.45, 7) is 0. The summed E-state index contributed by atoms with van der Waals surface area (Å²) in [5.74, 6) is -0.942. The highest BCUT2D eigenvalue weighted by molar-refractivity contribution is 9.10. The summed E-state index contributed by atoms with van der Waals surface area (Å²) in [4.78, 5) is 11.3. The van der Waals surface area contributed by atoms with Crippen molar-refractivity contribution in [3.63, 3.8) is 0 Å². The minimum absolute atomic E-state index is 0.249. The third-order valence-corrected chi connectivity index (χ3v) is 3.22. The van der Waals surface area contributed by atoms with Gasteiger partial charge in [0.1, 0.15) is 0 Å². The van der Waals surface area contributed by atoms with E-state index in [0.29, 0.717) is 0 Å². The molecule has 2 aromatic carbocycles. The molecule has 2 rings (SSSR count). The van der Waals surface area contributed by atoms with E-state index in [9.17, 15) is 9.90 Å². The molecule has 3 heteroatoms. The number of halogens is 1. The Morgan fingerprint density at radius 1 is 0.950 bits per heavy atom. The molecule has 0 heterocycles. The number of hydrogen-bond acceptors (Lipinski definition) is 1. The van der Waals surface area contributed by atoms with Crippen LogP contribution in [0.4, 0.5) is 0 Å². The zero-order valence-electron chi connectivity index (χ0n) is 10.7. The Kier molecular flexibility index (Phi) is 4.91. The maximum absolute atomic E-state index is 11.3. The molecule has 0 bridgehead atoms. The smallest absolute Gasteiger partial charge is 0.335 e. The van der Waals surface area contributed by atoms with Crippen LogP contribution in [0, 0.1) is 0 Å². The van der Waals surface area contributed by atoms with E-state index in [0.717, 1.165) is 15.6 Å². The Balaban J connectivity index is 2.24. The van der Waals surface area contributed by atoms with Crippen molar-refractivity contribution in [3.05, 3.63) is 81.8 Å². The van der Waals surface area contributed by atoms with Crippen LogP contribution >= 0.6 is 15.9 Å². The van der Waals surface area contributed by atoms with E-state index in [1.54, 1.807) is 18.2 Å². The zero-order chi connectivity index (χ0) is 14.4. The molecule has 0 aliphatic carbocycles. The number of carboxylic acids is 1. The first-order valence-electron chi connectivity index (χ1n) is 6.09. The lowest BCUT2D eigenvalue weighted by molar-refractivity contribution is -0.132. The van der Waals surface area contributed by atoms with E-state index in [-0.39, 0.29) is 5.57 Å². The SMILES string of the molecule is O=C(O)C(/C=C/c1ccc(Br)cc1)=C/c1ccccc1. The molecular weight excluding hydrogens is 316 g/mol. The van der Waals surface area contributed by atoms with E-state index in [1.807, 2.05) is 54.6 Å². The lowest BCUT2D eigenvalue weighted by atomic mass is 10.1. The number of hydrogen-bond donors (Lipinski definition) is 1. The van der Waals surface area contributed by atoms with Crippen LogP contribution < -0.4 is 0 Å². The number of rotatable bonds is 4. The first kappa shape index (κ1) is 14.3. The second-order valence-electron chi connectivity index (χ2n) is 4.20. The Hall–Kier alpha value is -2.13. The summed E-state index contributed by atoms with van der Waals surface area (Å²) in [6.07, 6.45) is 5.05. The number of aliphatic carboxylic acids is 1. The van der Waals surface area contributed by atoms with Gasteiger partial charge in [-0.3, -0.25) is 0 Å². The predicted octanol–water partition coefficient (Wildman–Crippen LogP) is 4.63. The Morgan fingerprint density at radius 3 is 2.20 bits per heavy atom. The van der Waals surface area contributed by atoms with Crippen molar-refractivity contribution >= 4 is 34.1 Å². The number of carboxylic acid groups (broad SMARTS) is 1. The Morgan fingerprint density at radius 2 is 1.60 bits per heavy atom. The monoisotopic (exact) mass is 328 g/mol. The van der Waals surface area contributed by atoms with Crippen molar-refractivity contribution in [1.29, 1.82) is 0 Å². The second-order valence-corrected chi connectivity index (χ2v) is 5.12. The summed E-state index contributed by atoms with van der Waals surface area (Å²) in [6, 6.07) is 17.1. The van der Waals surface area contributed by atoms with Gasteiger partial charge >= 0.3 is 5.97 Å². The van der Waals surface area contributed by atoms with E-state index < -0.39 is 5.97 Å². The highest BCUT2D eigenvalue weighted by atomic mass is 79.9. The van der Waals surface area contributed by atoms with Gasteiger partial charge in [-0.1, -0.05) is 64.5 Å². The molecule has 0 aromatic heterocycles. The van der Waals surface area contributed by atoms with Crippen molar-refractivity contribution in [2.24, 2.45) is 0 Å². The lowest BCUT2D eigenvalue weighted by Crippen LogP contribution is -1.97. The molecule has 2 nitrogen and oxygen atoms in total. The summed E-state index contributed by atoms with van der Waals surface area (Å²) >= 11 is 3.36. The van der Waals surface area contributed by atoms with Gasteiger partial charge in [0.15, 0.2) is 0 Å². The van der Waals surface area contributed by atoms with Crippen LogP contribution in [0.25, 0.3) is 12.2 Å². The van der Waals surface area contributed by atoms with Crippen LogP contribution in [0.2, 0.25) is 0 Å². The van der Waals surface area contributed by atoms with E-state index >= 15 is 0 Å². The van der Waals surface area contributed by atoms with Gasteiger partial charge in [-0.25, -0.2) is 4.79 Å². The third-order valence-electron chi connectivity index (χ3n) is 2.69. The number of carbonyl (C=O) groups is 1. The maximum Gasteiger partial charge on any atom is 0.335 e. The largest absolute Gasteiger partial charge is 0.478 e. The van der Waals surface area contributed by atoms with Crippen LogP contribution in [0.15, 0.2) is 70.7 Å². The summed E-state index contributed by atoms with van der Waals surface area (Å²) < 4.78 is 0.993. The first-order valence-corrected chi connectivity index (χ1v) is 6.88. The van der Waals surface area contributed by atoms with Gasteiger partial charge in [-0.2, -0.15) is 0 Å². The molecule has 0 saturated heterocycles. The lowest BCUT2D eigenvalue weighted by Gasteiger charge is -1.98. The molecule has 0 radical (unpaired) electrons. The fraction of sp³-hybridized carbons (Fsp3) is 0. The zero-order valence-corrected chi connectivity index (χ0v) is 12.2. The van der Waals surface area contributed by atoms with Crippen molar-refractivity contribution in [1.82, 2.24) is 0 Å². The van der Waals surface area contributed by atoms with Crippen molar-refractivity contribution in [2.45, 2.75) is 0 Å². The first-order chi connectivity index (χ1) is 9.65. The standard InChI is InChI=1S/C17H13BrO2/c18-16-10-7-13(8-11-16)6-9-15(17(19)20)12-14-4-2-1-3-5-14/h1-12H,(H,19,20)/b9-6+,15-12+. The Bertz CT molecular complexity index is 640. The molecule has 0 fully saturated rings. The normalized spacial score (nSPS) is 11.8. The average Bonchev–Trinajstić information content (AvgIpc) is 2.46. The van der Waals surface area contributed by atoms with Gasteiger partial charge in [0.25, 0.3) is 0 Å². The molecule has 0 aliphatic rings. The summed E-state index contributed by atoms with van der Waals surface area (Å²) in [5, 5.41) is 9.23. The van der Waals surface area contributed by atoms with Gasteiger partial charge in [0.2, 0.25) is 0 Å². The maximum atomic E-state index is 11.3. The van der Waals surface area contributed by atoms with Crippen molar-refractivity contribution in [3.8, 4) is 0 Å². The minimum Gasteiger partial charge on any atom is -0.478 e.